The Hall–Kier alpha value is -2.82. The third kappa shape index (κ3) is 6.22. The molecular formula is C18H21N3O2. The van der Waals surface area contributed by atoms with Gasteiger partial charge in [-0.25, -0.2) is 5.43 Å². The fourth-order valence-electron chi connectivity index (χ4n) is 1.99. The van der Waals surface area contributed by atoms with Gasteiger partial charge in [-0.15, -0.1) is 0 Å². The third-order valence-corrected chi connectivity index (χ3v) is 3.23. The molecule has 2 N–H and O–H groups in total. The number of hydrazone groups is 1. The van der Waals surface area contributed by atoms with Gasteiger partial charge in [-0.05, 0) is 42.7 Å². The van der Waals surface area contributed by atoms with Crippen LogP contribution < -0.4 is 15.5 Å². The van der Waals surface area contributed by atoms with Gasteiger partial charge in [-0.2, -0.15) is 5.10 Å². The van der Waals surface area contributed by atoms with Crippen LogP contribution >= 0.6 is 0 Å². The highest BCUT2D eigenvalue weighted by atomic mass is 16.5. The molecular weight excluding hydrogens is 290 g/mol. The second-order valence-corrected chi connectivity index (χ2v) is 4.95. The highest BCUT2D eigenvalue weighted by Gasteiger charge is 1.99. The minimum absolute atomic E-state index is 0.169. The zero-order chi connectivity index (χ0) is 16.3. The van der Waals surface area contributed by atoms with Crippen LogP contribution in [0.4, 0.5) is 5.69 Å². The molecule has 0 spiro atoms. The second-order valence-electron chi connectivity index (χ2n) is 4.95. The molecule has 0 radical (unpaired) electrons. The van der Waals surface area contributed by atoms with Crippen molar-refractivity contribution in [2.45, 2.75) is 12.8 Å². The maximum atomic E-state index is 11.7. The molecule has 2 rings (SSSR count). The molecule has 5 nitrogen and oxygen atoms in total. The van der Waals surface area contributed by atoms with Gasteiger partial charge in [0.25, 0.3) is 5.91 Å². The van der Waals surface area contributed by atoms with E-state index in [4.69, 9.17) is 4.74 Å². The summed E-state index contributed by atoms with van der Waals surface area (Å²) >= 11 is 0. The summed E-state index contributed by atoms with van der Waals surface area (Å²) in [6.45, 7) is 0.169. The van der Waals surface area contributed by atoms with Crippen LogP contribution in [0.25, 0.3) is 0 Å². The summed E-state index contributed by atoms with van der Waals surface area (Å²) in [6, 6.07) is 17.6. The van der Waals surface area contributed by atoms with E-state index < -0.39 is 0 Å². The van der Waals surface area contributed by atoms with Crippen molar-refractivity contribution in [3.05, 3.63) is 60.2 Å². The number of amides is 1. The predicted octanol–water partition coefficient (Wildman–Crippen LogP) is 2.84. The first kappa shape index (κ1) is 16.5. The molecule has 23 heavy (non-hydrogen) atoms. The van der Waals surface area contributed by atoms with E-state index in [0.717, 1.165) is 24.3 Å². The van der Waals surface area contributed by atoms with Gasteiger partial charge in [0.05, 0.1) is 13.7 Å². The number of rotatable bonds is 8. The maximum absolute atomic E-state index is 11.7. The van der Waals surface area contributed by atoms with Gasteiger partial charge >= 0.3 is 0 Å². The van der Waals surface area contributed by atoms with Crippen molar-refractivity contribution in [3.63, 3.8) is 0 Å². The smallest absolute Gasteiger partial charge is 0.259 e. The lowest BCUT2D eigenvalue weighted by atomic mass is 10.1. The number of benzene rings is 2. The lowest BCUT2D eigenvalue weighted by Gasteiger charge is -2.06. The lowest BCUT2D eigenvalue weighted by Crippen LogP contribution is -2.25. The number of nitrogens with one attached hydrogen (secondary N) is 2. The number of ether oxygens (including phenoxy) is 1. The maximum Gasteiger partial charge on any atom is 0.259 e. The number of carbonyl (C=O) groups excluding carboxylic acids is 1. The molecule has 5 heteroatoms. The summed E-state index contributed by atoms with van der Waals surface area (Å²) in [5.74, 6) is 0.597. The number of anilines is 1. The minimum Gasteiger partial charge on any atom is -0.497 e. The van der Waals surface area contributed by atoms with Crippen molar-refractivity contribution >= 4 is 17.8 Å². The van der Waals surface area contributed by atoms with Gasteiger partial charge in [0.15, 0.2) is 0 Å². The van der Waals surface area contributed by atoms with E-state index in [9.17, 15) is 4.79 Å². The molecule has 0 heterocycles. The summed E-state index contributed by atoms with van der Waals surface area (Å²) in [6.07, 6.45) is 3.42. The van der Waals surface area contributed by atoms with E-state index in [-0.39, 0.29) is 12.5 Å². The fourth-order valence-corrected chi connectivity index (χ4v) is 1.99. The Kier molecular flexibility index (Phi) is 6.65. The van der Waals surface area contributed by atoms with Crippen LogP contribution in [0.2, 0.25) is 0 Å². The quantitative estimate of drug-likeness (QED) is 0.582. The summed E-state index contributed by atoms with van der Waals surface area (Å²) in [5, 5.41) is 6.96. The van der Waals surface area contributed by atoms with E-state index in [1.165, 1.54) is 5.56 Å². The first-order valence-corrected chi connectivity index (χ1v) is 7.50. The minimum atomic E-state index is -0.184. The van der Waals surface area contributed by atoms with Gasteiger partial charge in [0, 0.05) is 11.9 Å². The Morgan fingerprint density at radius 1 is 1.13 bits per heavy atom. The van der Waals surface area contributed by atoms with Crippen LogP contribution in [0, 0.1) is 0 Å². The number of carbonyl (C=O) groups is 1. The van der Waals surface area contributed by atoms with E-state index in [1.54, 1.807) is 13.3 Å². The molecule has 0 atom stereocenters. The Bertz CT molecular complexity index is 624. The Morgan fingerprint density at radius 3 is 2.57 bits per heavy atom. The molecule has 0 bridgehead atoms. The molecule has 120 valence electrons. The van der Waals surface area contributed by atoms with Crippen LogP contribution in [0.5, 0.6) is 5.75 Å². The van der Waals surface area contributed by atoms with Crippen molar-refractivity contribution in [2.24, 2.45) is 5.10 Å². The monoisotopic (exact) mass is 311 g/mol. The highest BCUT2D eigenvalue weighted by molar-refractivity contribution is 5.81. The summed E-state index contributed by atoms with van der Waals surface area (Å²) in [5.41, 5.74) is 4.62. The largest absolute Gasteiger partial charge is 0.497 e. The van der Waals surface area contributed by atoms with E-state index in [2.05, 4.69) is 28.0 Å². The molecule has 0 unspecified atom stereocenters. The van der Waals surface area contributed by atoms with Crippen molar-refractivity contribution in [1.29, 1.82) is 0 Å². The molecule has 2 aromatic rings. The topological polar surface area (TPSA) is 62.7 Å². The zero-order valence-electron chi connectivity index (χ0n) is 13.2. The van der Waals surface area contributed by atoms with Crippen LogP contribution in [0.1, 0.15) is 12.0 Å². The molecule has 1 amide bonds. The van der Waals surface area contributed by atoms with Gasteiger partial charge in [0.1, 0.15) is 5.75 Å². The predicted molar refractivity (Wildman–Crippen MR) is 92.9 cm³/mol. The van der Waals surface area contributed by atoms with Gasteiger partial charge in [-0.1, -0.05) is 30.3 Å². The Balaban J connectivity index is 1.63. The Morgan fingerprint density at radius 2 is 1.87 bits per heavy atom. The van der Waals surface area contributed by atoms with Crippen molar-refractivity contribution in [1.82, 2.24) is 5.43 Å². The standard InChI is InChI=1S/C18H21N3O2/c1-23-17-11-9-16(10-12-17)19-14-18(22)21-20-13-5-8-15-6-3-2-4-7-15/h2-4,6-7,9-13,19H,5,8,14H2,1H3,(H,21,22)/b20-13-. The molecule has 0 fully saturated rings. The van der Waals surface area contributed by atoms with Crippen molar-refractivity contribution in [3.8, 4) is 5.75 Å². The average molecular weight is 311 g/mol. The zero-order valence-corrected chi connectivity index (χ0v) is 13.2. The van der Waals surface area contributed by atoms with Crippen molar-refractivity contribution in [2.75, 3.05) is 19.0 Å². The van der Waals surface area contributed by atoms with Gasteiger partial charge < -0.3 is 10.1 Å². The van der Waals surface area contributed by atoms with E-state index in [1.807, 2.05) is 42.5 Å². The molecule has 0 aliphatic heterocycles. The fraction of sp³-hybridized carbons (Fsp3) is 0.222. The molecule has 0 aliphatic carbocycles. The van der Waals surface area contributed by atoms with Crippen LogP contribution in [-0.4, -0.2) is 25.8 Å². The van der Waals surface area contributed by atoms with E-state index in [0.29, 0.717) is 0 Å². The number of hydrogen-bond donors (Lipinski definition) is 2. The third-order valence-electron chi connectivity index (χ3n) is 3.23. The SMILES string of the molecule is COc1ccc(NCC(=O)N/N=C\CCc2ccccc2)cc1. The van der Waals surface area contributed by atoms with Crippen LogP contribution in [0.15, 0.2) is 59.7 Å². The second kappa shape index (κ2) is 9.25. The molecule has 0 aromatic heterocycles. The molecule has 0 saturated heterocycles. The summed E-state index contributed by atoms with van der Waals surface area (Å²) in [4.78, 5) is 11.7. The highest BCUT2D eigenvalue weighted by Crippen LogP contribution is 2.14. The molecule has 0 saturated carbocycles. The first-order chi connectivity index (χ1) is 11.3. The normalized spacial score (nSPS) is 10.5. The molecule has 0 aliphatic rings. The number of hydrogen-bond acceptors (Lipinski definition) is 4. The lowest BCUT2D eigenvalue weighted by molar-refractivity contribution is -0.119. The number of aryl methyl sites for hydroxylation is 1. The van der Waals surface area contributed by atoms with Gasteiger partial charge in [-0.3, -0.25) is 4.79 Å². The molecule has 2 aromatic carbocycles. The number of nitrogens with zero attached hydrogens (tertiary/aromatic N) is 1. The average Bonchev–Trinajstić information content (AvgIpc) is 2.61. The van der Waals surface area contributed by atoms with Crippen LogP contribution in [0.3, 0.4) is 0 Å². The summed E-state index contributed by atoms with van der Waals surface area (Å²) in [7, 11) is 1.62. The Labute approximate surface area is 136 Å². The van der Waals surface area contributed by atoms with Gasteiger partial charge in [0.2, 0.25) is 0 Å². The summed E-state index contributed by atoms with van der Waals surface area (Å²) < 4.78 is 5.08. The first-order valence-electron chi connectivity index (χ1n) is 7.50. The number of methoxy groups -OCH3 is 1. The van der Waals surface area contributed by atoms with Crippen LogP contribution in [-0.2, 0) is 11.2 Å². The van der Waals surface area contributed by atoms with Crippen molar-refractivity contribution < 1.29 is 9.53 Å². The van der Waals surface area contributed by atoms with E-state index >= 15 is 0 Å².